The molecular weight excluding hydrogens is 416 g/mol. The Bertz CT molecular complexity index is 1150. The summed E-state index contributed by atoms with van der Waals surface area (Å²) in [5, 5.41) is 14.5. The van der Waals surface area contributed by atoms with Crippen LogP contribution in [-0.2, 0) is 27.2 Å². The van der Waals surface area contributed by atoms with Gasteiger partial charge < -0.3 is 15.3 Å². The second kappa shape index (κ2) is 10.3. The first-order chi connectivity index (χ1) is 16.0. The van der Waals surface area contributed by atoms with Crippen LogP contribution in [0.25, 0.3) is 10.8 Å². The summed E-state index contributed by atoms with van der Waals surface area (Å²) in [6, 6.07) is 21.8. The van der Waals surface area contributed by atoms with Crippen molar-refractivity contribution < 1.29 is 19.5 Å². The third kappa shape index (κ3) is 5.58. The highest BCUT2D eigenvalue weighted by Gasteiger charge is 2.35. The molecule has 2 atom stereocenters. The van der Waals surface area contributed by atoms with Crippen molar-refractivity contribution in [3.63, 3.8) is 0 Å². The second-order valence-electron chi connectivity index (χ2n) is 8.52. The summed E-state index contributed by atoms with van der Waals surface area (Å²) in [4.78, 5) is 39.3. The summed E-state index contributed by atoms with van der Waals surface area (Å²) in [6.07, 6.45) is 2.40. The van der Waals surface area contributed by atoms with Crippen LogP contribution in [0, 0.1) is 0 Å². The van der Waals surface area contributed by atoms with E-state index in [-0.39, 0.29) is 12.3 Å². The molecule has 0 unspecified atom stereocenters. The molecule has 33 heavy (non-hydrogen) atoms. The minimum Gasteiger partial charge on any atom is -0.480 e. The number of carboxylic acids is 1. The van der Waals surface area contributed by atoms with Crippen molar-refractivity contribution in [1.29, 1.82) is 0 Å². The Hall–Kier alpha value is -3.67. The molecule has 6 nitrogen and oxygen atoms in total. The van der Waals surface area contributed by atoms with Gasteiger partial charge in [-0.1, -0.05) is 72.8 Å². The predicted molar refractivity (Wildman–Crippen MR) is 127 cm³/mol. The van der Waals surface area contributed by atoms with E-state index in [1.54, 1.807) is 4.90 Å². The maximum Gasteiger partial charge on any atom is 0.326 e. The van der Waals surface area contributed by atoms with E-state index in [4.69, 9.17) is 0 Å². The molecule has 1 heterocycles. The van der Waals surface area contributed by atoms with Crippen LogP contribution in [0.2, 0.25) is 0 Å². The average Bonchev–Trinajstić information content (AvgIpc) is 3.33. The van der Waals surface area contributed by atoms with Crippen molar-refractivity contribution >= 4 is 28.6 Å². The van der Waals surface area contributed by atoms with Gasteiger partial charge in [0, 0.05) is 19.4 Å². The molecule has 2 amide bonds. The Balaban J connectivity index is 1.39. The fourth-order valence-corrected chi connectivity index (χ4v) is 4.45. The number of fused-ring (bicyclic) bond motifs is 1. The Morgan fingerprint density at radius 1 is 0.939 bits per heavy atom. The summed E-state index contributed by atoms with van der Waals surface area (Å²) < 4.78 is 0. The van der Waals surface area contributed by atoms with E-state index in [1.165, 1.54) is 0 Å². The number of likely N-dealkylation sites (tertiary alicyclic amines) is 1. The van der Waals surface area contributed by atoms with Crippen LogP contribution in [0.15, 0.2) is 72.8 Å². The lowest BCUT2D eigenvalue weighted by atomic mass is 10.0. The number of carbonyl (C=O) groups excluding carboxylic acids is 2. The maximum absolute atomic E-state index is 13.0. The molecule has 0 saturated carbocycles. The summed E-state index contributed by atoms with van der Waals surface area (Å²) >= 11 is 0. The van der Waals surface area contributed by atoms with Crippen molar-refractivity contribution in [2.45, 2.75) is 44.2 Å². The van der Waals surface area contributed by atoms with Gasteiger partial charge in [-0.15, -0.1) is 0 Å². The maximum atomic E-state index is 13.0. The zero-order valence-corrected chi connectivity index (χ0v) is 18.4. The van der Waals surface area contributed by atoms with Crippen LogP contribution in [0.4, 0.5) is 0 Å². The number of carboxylic acid groups (broad SMARTS) is 1. The van der Waals surface area contributed by atoms with Gasteiger partial charge in [-0.3, -0.25) is 9.59 Å². The molecular formula is C27H28N2O4. The number of hydrogen-bond acceptors (Lipinski definition) is 3. The first-order valence-electron chi connectivity index (χ1n) is 11.4. The lowest BCUT2D eigenvalue weighted by Crippen LogP contribution is -2.51. The number of hydrogen-bond donors (Lipinski definition) is 2. The number of nitrogens with one attached hydrogen (secondary N) is 1. The average molecular weight is 445 g/mol. The Morgan fingerprint density at radius 2 is 1.67 bits per heavy atom. The molecule has 1 aliphatic rings. The molecule has 2 N–H and O–H groups in total. The Morgan fingerprint density at radius 3 is 2.42 bits per heavy atom. The van der Waals surface area contributed by atoms with E-state index in [0.717, 1.165) is 28.3 Å². The third-order valence-corrected chi connectivity index (χ3v) is 6.21. The highest BCUT2D eigenvalue weighted by molar-refractivity contribution is 5.91. The molecule has 3 aromatic carbocycles. The molecule has 6 heteroatoms. The summed E-state index contributed by atoms with van der Waals surface area (Å²) in [5.41, 5.74) is 1.91. The van der Waals surface area contributed by atoms with Crippen LogP contribution in [0.1, 0.15) is 30.4 Å². The van der Waals surface area contributed by atoms with E-state index >= 15 is 0 Å². The number of benzene rings is 3. The van der Waals surface area contributed by atoms with Gasteiger partial charge in [0.25, 0.3) is 0 Å². The minimum atomic E-state index is -1.09. The van der Waals surface area contributed by atoms with E-state index in [2.05, 4.69) is 5.32 Å². The number of aryl methyl sites for hydroxylation is 1. The lowest BCUT2D eigenvalue weighted by Gasteiger charge is -2.25. The van der Waals surface area contributed by atoms with Crippen LogP contribution >= 0.6 is 0 Å². The topological polar surface area (TPSA) is 86.7 Å². The molecule has 4 rings (SSSR count). The Kier molecular flexibility index (Phi) is 7.03. The summed E-state index contributed by atoms with van der Waals surface area (Å²) in [7, 11) is 0. The highest BCUT2D eigenvalue weighted by atomic mass is 16.4. The molecule has 1 saturated heterocycles. The fourth-order valence-electron chi connectivity index (χ4n) is 4.45. The largest absolute Gasteiger partial charge is 0.480 e. The zero-order valence-electron chi connectivity index (χ0n) is 18.4. The van der Waals surface area contributed by atoms with Gasteiger partial charge in [0.05, 0.1) is 0 Å². The molecule has 1 aliphatic heterocycles. The van der Waals surface area contributed by atoms with E-state index in [9.17, 15) is 19.5 Å². The first kappa shape index (κ1) is 22.5. The molecule has 0 radical (unpaired) electrons. The summed E-state index contributed by atoms with van der Waals surface area (Å²) in [6.45, 7) is 0.522. The standard InChI is InChI=1S/C27H28N2O4/c30-25(15-13-19-7-2-1-3-8-19)29-16-6-11-24(29)26(31)28-23(27(32)33)18-20-12-14-21-9-4-5-10-22(21)17-20/h1-5,7-10,12,14,17,23-24H,6,11,13,15-16,18H2,(H,28,31)(H,32,33)/t23-,24-/m0/s1. The highest BCUT2D eigenvalue weighted by Crippen LogP contribution is 2.21. The number of amides is 2. The van der Waals surface area contributed by atoms with E-state index < -0.39 is 24.0 Å². The number of nitrogens with zero attached hydrogens (tertiary/aromatic N) is 1. The van der Waals surface area contributed by atoms with Crippen molar-refractivity contribution in [3.05, 3.63) is 83.9 Å². The first-order valence-corrected chi connectivity index (χ1v) is 11.4. The third-order valence-electron chi connectivity index (χ3n) is 6.21. The summed E-state index contributed by atoms with van der Waals surface area (Å²) in [5.74, 6) is -1.55. The lowest BCUT2D eigenvalue weighted by molar-refractivity contribution is -0.143. The quantitative estimate of drug-likeness (QED) is 0.556. The van der Waals surface area contributed by atoms with Crippen molar-refractivity contribution in [3.8, 4) is 0 Å². The van der Waals surface area contributed by atoms with Gasteiger partial charge in [-0.25, -0.2) is 4.79 Å². The number of rotatable bonds is 8. The van der Waals surface area contributed by atoms with Gasteiger partial charge in [-0.2, -0.15) is 0 Å². The predicted octanol–water partition coefficient (Wildman–Crippen LogP) is 3.58. The van der Waals surface area contributed by atoms with Crippen molar-refractivity contribution in [2.75, 3.05) is 6.54 Å². The molecule has 0 aromatic heterocycles. The van der Waals surface area contributed by atoms with E-state index in [1.807, 2.05) is 72.8 Å². The molecule has 0 bridgehead atoms. The SMILES string of the molecule is O=C(O)[C@H](Cc1ccc2ccccc2c1)NC(=O)[C@@H]1CCCN1C(=O)CCc1ccccc1. The molecule has 1 fully saturated rings. The monoisotopic (exact) mass is 444 g/mol. The van der Waals surface area contributed by atoms with Crippen molar-refractivity contribution in [1.82, 2.24) is 10.2 Å². The van der Waals surface area contributed by atoms with Gasteiger partial charge in [0.2, 0.25) is 11.8 Å². The van der Waals surface area contributed by atoms with Crippen LogP contribution in [0.5, 0.6) is 0 Å². The van der Waals surface area contributed by atoms with Crippen LogP contribution in [0.3, 0.4) is 0 Å². The molecule has 170 valence electrons. The van der Waals surface area contributed by atoms with Gasteiger partial charge >= 0.3 is 5.97 Å². The van der Waals surface area contributed by atoms with Crippen molar-refractivity contribution in [2.24, 2.45) is 0 Å². The van der Waals surface area contributed by atoms with Gasteiger partial charge in [-0.05, 0) is 41.2 Å². The molecule has 0 aliphatic carbocycles. The fraction of sp³-hybridized carbons (Fsp3) is 0.296. The van der Waals surface area contributed by atoms with E-state index in [0.29, 0.717) is 25.8 Å². The number of aliphatic carboxylic acids is 1. The second-order valence-corrected chi connectivity index (χ2v) is 8.52. The van der Waals surface area contributed by atoms with Gasteiger partial charge in [0.1, 0.15) is 12.1 Å². The minimum absolute atomic E-state index is 0.0714. The number of carbonyl (C=O) groups is 3. The molecule has 0 spiro atoms. The molecule has 3 aromatic rings. The normalized spacial score (nSPS) is 16.5. The van der Waals surface area contributed by atoms with Gasteiger partial charge in [0.15, 0.2) is 0 Å². The zero-order chi connectivity index (χ0) is 23.2. The smallest absolute Gasteiger partial charge is 0.326 e. The van der Waals surface area contributed by atoms with Crippen LogP contribution in [-0.4, -0.2) is 46.4 Å². The Labute approximate surface area is 193 Å². The van der Waals surface area contributed by atoms with Crippen LogP contribution < -0.4 is 5.32 Å².